The maximum Gasteiger partial charge on any atom is 0.240 e. The first-order chi connectivity index (χ1) is 7.42. The van der Waals surface area contributed by atoms with Crippen LogP contribution < -0.4 is 4.72 Å². The van der Waals surface area contributed by atoms with Gasteiger partial charge in [0.2, 0.25) is 10.0 Å². The van der Waals surface area contributed by atoms with Crippen molar-refractivity contribution in [3.63, 3.8) is 0 Å². The summed E-state index contributed by atoms with van der Waals surface area (Å²) in [5.41, 5.74) is 2.61. The predicted molar refractivity (Wildman–Crippen MR) is 66.3 cm³/mol. The summed E-state index contributed by atoms with van der Waals surface area (Å²) in [5.74, 6) is 0.320. The third-order valence-corrected chi connectivity index (χ3v) is 4.38. The summed E-state index contributed by atoms with van der Waals surface area (Å²) < 4.78 is 26.2. The zero-order valence-corrected chi connectivity index (χ0v) is 11.2. The summed E-state index contributed by atoms with van der Waals surface area (Å²) in [6, 6.07) is 3.50. The molecule has 0 spiro atoms. The molecule has 0 aliphatic carbocycles. The Labute approximate surface area is 102 Å². The van der Waals surface area contributed by atoms with E-state index in [1.807, 2.05) is 13.0 Å². The van der Waals surface area contributed by atoms with Gasteiger partial charge in [-0.3, -0.25) is 0 Å². The average molecular weight is 262 g/mol. The smallest absolute Gasteiger partial charge is 0.211 e. The Bertz CT molecular complexity index is 483. The minimum atomic E-state index is -3.40. The van der Waals surface area contributed by atoms with Crippen LogP contribution in [0.3, 0.4) is 0 Å². The van der Waals surface area contributed by atoms with Crippen molar-refractivity contribution in [2.45, 2.75) is 31.5 Å². The van der Waals surface area contributed by atoms with Gasteiger partial charge in [-0.05, 0) is 36.6 Å². The Morgan fingerprint density at radius 3 is 2.38 bits per heavy atom. The lowest BCUT2D eigenvalue weighted by atomic mass is 10.1. The Morgan fingerprint density at radius 1 is 1.25 bits per heavy atom. The van der Waals surface area contributed by atoms with Crippen molar-refractivity contribution in [3.8, 4) is 0 Å². The van der Waals surface area contributed by atoms with Gasteiger partial charge in [-0.25, -0.2) is 13.1 Å². The molecule has 0 unspecified atom stereocenters. The Hall–Kier alpha value is -0.580. The topological polar surface area (TPSA) is 46.2 Å². The van der Waals surface area contributed by atoms with Crippen molar-refractivity contribution in [2.75, 3.05) is 6.54 Å². The molecule has 1 rings (SSSR count). The van der Waals surface area contributed by atoms with E-state index >= 15 is 0 Å². The van der Waals surface area contributed by atoms with Gasteiger partial charge in [0.1, 0.15) is 0 Å². The molecule has 0 radical (unpaired) electrons. The minimum Gasteiger partial charge on any atom is -0.211 e. The van der Waals surface area contributed by atoms with E-state index in [-0.39, 0.29) is 0 Å². The summed E-state index contributed by atoms with van der Waals surface area (Å²) in [4.78, 5) is 0.315. The molecular weight excluding hydrogens is 246 g/mol. The van der Waals surface area contributed by atoms with E-state index in [4.69, 9.17) is 11.6 Å². The van der Waals surface area contributed by atoms with Crippen molar-refractivity contribution >= 4 is 21.6 Å². The van der Waals surface area contributed by atoms with Crippen molar-refractivity contribution in [1.29, 1.82) is 0 Å². The highest BCUT2D eigenvalue weighted by Crippen LogP contribution is 2.21. The number of alkyl halides is 1. The molecule has 1 aromatic carbocycles. The van der Waals surface area contributed by atoms with Crippen LogP contribution in [0.2, 0.25) is 0 Å². The van der Waals surface area contributed by atoms with E-state index < -0.39 is 10.0 Å². The molecule has 1 aromatic rings. The van der Waals surface area contributed by atoms with E-state index in [0.717, 1.165) is 16.7 Å². The standard InChI is InChI=1S/C11H16ClNO2S/c1-4-13-16(14,15)11-6-10(7-12)8(2)5-9(11)3/h5-6,13H,4,7H2,1-3H3. The maximum atomic E-state index is 11.9. The van der Waals surface area contributed by atoms with Crippen LogP contribution in [0.4, 0.5) is 0 Å². The molecule has 0 aliphatic heterocycles. The molecule has 0 saturated heterocycles. The SMILES string of the molecule is CCNS(=O)(=O)c1cc(CCl)c(C)cc1C. The number of sulfonamides is 1. The van der Waals surface area contributed by atoms with E-state index in [1.54, 1.807) is 19.9 Å². The van der Waals surface area contributed by atoms with Gasteiger partial charge in [-0.15, -0.1) is 11.6 Å². The number of benzene rings is 1. The molecule has 0 heterocycles. The number of aryl methyl sites for hydroxylation is 2. The lowest BCUT2D eigenvalue weighted by Crippen LogP contribution is -2.24. The molecule has 0 atom stereocenters. The van der Waals surface area contributed by atoms with Crippen LogP contribution >= 0.6 is 11.6 Å². The molecule has 0 saturated carbocycles. The van der Waals surface area contributed by atoms with Gasteiger partial charge in [0, 0.05) is 12.4 Å². The largest absolute Gasteiger partial charge is 0.240 e. The molecule has 0 aliphatic rings. The number of rotatable bonds is 4. The molecule has 0 amide bonds. The summed E-state index contributed by atoms with van der Waals surface area (Å²) in [6.45, 7) is 5.85. The zero-order valence-electron chi connectivity index (χ0n) is 9.67. The van der Waals surface area contributed by atoms with Gasteiger partial charge in [-0.1, -0.05) is 13.0 Å². The molecular formula is C11H16ClNO2S. The van der Waals surface area contributed by atoms with Crippen LogP contribution in [0.5, 0.6) is 0 Å². The molecule has 1 N–H and O–H groups in total. The fourth-order valence-corrected chi connectivity index (χ4v) is 3.18. The van der Waals surface area contributed by atoms with Gasteiger partial charge in [0.15, 0.2) is 0 Å². The summed E-state index contributed by atoms with van der Waals surface area (Å²) in [7, 11) is -3.40. The maximum absolute atomic E-state index is 11.9. The van der Waals surface area contributed by atoms with Gasteiger partial charge in [0.25, 0.3) is 0 Å². The highest BCUT2D eigenvalue weighted by molar-refractivity contribution is 7.89. The first-order valence-corrected chi connectivity index (χ1v) is 7.10. The molecule has 5 heteroatoms. The van der Waals surface area contributed by atoms with E-state index in [2.05, 4.69) is 4.72 Å². The Balaban J connectivity index is 3.34. The number of hydrogen-bond donors (Lipinski definition) is 1. The first kappa shape index (κ1) is 13.5. The van der Waals surface area contributed by atoms with Gasteiger partial charge in [-0.2, -0.15) is 0 Å². The number of halogens is 1. The van der Waals surface area contributed by atoms with Crippen molar-refractivity contribution in [3.05, 3.63) is 28.8 Å². The molecule has 0 bridgehead atoms. The van der Waals surface area contributed by atoms with Crippen LogP contribution in [-0.4, -0.2) is 15.0 Å². The van der Waals surface area contributed by atoms with Gasteiger partial charge >= 0.3 is 0 Å². The van der Waals surface area contributed by atoms with Gasteiger partial charge < -0.3 is 0 Å². The van der Waals surface area contributed by atoms with Crippen molar-refractivity contribution in [1.82, 2.24) is 4.72 Å². The molecule has 0 aromatic heterocycles. The fraction of sp³-hybridized carbons (Fsp3) is 0.455. The van der Waals surface area contributed by atoms with Crippen LogP contribution in [0, 0.1) is 13.8 Å². The monoisotopic (exact) mass is 261 g/mol. The highest BCUT2D eigenvalue weighted by atomic mass is 35.5. The van der Waals surface area contributed by atoms with Crippen LogP contribution in [0.25, 0.3) is 0 Å². The van der Waals surface area contributed by atoms with E-state index in [9.17, 15) is 8.42 Å². The van der Waals surface area contributed by atoms with Crippen LogP contribution in [-0.2, 0) is 15.9 Å². The third-order valence-electron chi connectivity index (χ3n) is 2.40. The molecule has 0 fully saturated rings. The average Bonchev–Trinajstić information content (AvgIpc) is 2.17. The van der Waals surface area contributed by atoms with Crippen LogP contribution in [0.1, 0.15) is 23.6 Å². The normalized spacial score (nSPS) is 11.8. The zero-order chi connectivity index (χ0) is 12.3. The molecule has 16 heavy (non-hydrogen) atoms. The van der Waals surface area contributed by atoms with Crippen LogP contribution in [0.15, 0.2) is 17.0 Å². The van der Waals surface area contributed by atoms with Gasteiger partial charge in [0.05, 0.1) is 4.90 Å². The first-order valence-electron chi connectivity index (χ1n) is 5.08. The minimum absolute atomic E-state index is 0.315. The second kappa shape index (κ2) is 5.17. The summed E-state index contributed by atoms with van der Waals surface area (Å²) >= 11 is 5.77. The third kappa shape index (κ3) is 2.75. The molecule has 90 valence electrons. The Kier molecular flexibility index (Phi) is 4.35. The Morgan fingerprint density at radius 2 is 1.88 bits per heavy atom. The predicted octanol–water partition coefficient (Wildman–Crippen LogP) is 2.34. The lowest BCUT2D eigenvalue weighted by Gasteiger charge is -2.11. The number of nitrogens with one attached hydrogen (secondary N) is 1. The summed E-state index contributed by atoms with van der Waals surface area (Å²) in [6.07, 6.45) is 0. The number of hydrogen-bond acceptors (Lipinski definition) is 2. The van der Waals surface area contributed by atoms with E-state index in [1.165, 1.54) is 0 Å². The quantitative estimate of drug-likeness (QED) is 0.846. The fourth-order valence-electron chi connectivity index (χ4n) is 1.58. The summed E-state index contributed by atoms with van der Waals surface area (Å²) in [5, 5.41) is 0. The molecule has 3 nitrogen and oxygen atoms in total. The second-order valence-electron chi connectivity index (χ2n) is 3.68. The second-order valence-corrected chi connectivity index (χ2v) is 5.68. The van der Waals surface area contributed by atoms with Crippen molar-refractivity contribution < 1.29 is 8.42 Å². The van der Waals surface area contributed by atoms with Crippen molar-refractivity contribution in [2.24, 2.45) is 0 Å². The lowest BCUT2D eigenvalue weighted by molar-refractivity contribution is 0.583. The highest BCUT2D eigenvalue weighted by Gasteiger charge is 2.17. The van der Waals surface area contributed by atoms with E-state index in [0.29, 0.717) is 17.3 Å².